The second kappa shape index (κ2) is 5.57. The van der Waals surface area contributed by atoms with E-state index in [0.29, 0.717) is 25.1 Å². The maximum Gasteiger partial charge on any atom is 0.329 e. The van der Waals surface area contributed by atoms with Gasteiger partial charge in [0.2, 0.25) is 5.91 Å². The number of thioether (sulfide) groups is 1. The van der Waals surface area contributed by atoms with Gasteiger partial charge in [-0.1, -0.05) is 13.3 Å². The van der Waals surface area contributed by atoms with Crippen molar-refractivity contribution in [1.82, 2.24) is 4.90 Å². The molecule has 16 heavy (non-hydrogen) atoms. The Hall–Kier alpha value is -0.710. The van der Waals surface area contributed by atoms with Crippen molar-refractivity contribution >= 4 is 23.6 Å². The van der Waals surface area contributed by atoms with Crippen LogP contribution in [0.25, 0.3) is 0 Å². The van der Waals surface area contributed by atoms with Crippen molar-refractivity contribution in [2.24, 2.45) is 0 Å². The van der Waals surface area contributed by atoms with Crippen molar-refractivity contribution in [1.29, 1.82) is 0 Å². The molecule has 0 saturated carbocycles. The fourth-order valence-electron chi connectivity index (χ4n) is 2.45. The van der Waals surface area contributed by atoms with Gasteiger partial charge in [-0.15, -0.1) is 0 Å². The molecule has 1 heterocycles. The summed E-state index contributed by atoms with van der Waals surface area (Å²) in [7, 11) is 0. The van der Waals surface area contributed by atoms with E-state index in [-0.39, 0.29) is 5.91 Å². The molecule has 1 N–H and O–H groups in total. The van der Waals surface area contributed by atoms with Gasteiger partial charge in [-0.05, 0) is 25.5 Å². The van der Waals surface area contributed by atoms with E-state index in [4.69, 9.17) is 0 Å². The minimum Gasteiger partial charge on any atom is -0.479 e. The predicted molar refractivity (Wildman–Crippen MR) is 64.6 cm³/mol. The lowest BCUT2D eigenvalue weighted by molar-refractivity contribution is -0.156. The highest BCUT2D eigenvalue weighted by molar-refractivity contribution is 7.99. The largest absolute Gasteiger partial charge is 0.479 e. The van der Waals surface area contributed by atoms with Gasteiger partial charge in [-0.2, -0.15) is 11.8 Å². The number of carbonyl (C=O) groups excluding carboxylic acids is 1. The van der Waals surface area contributed by atoms with Gasteiger partial charge in [0, 0.05) is 6.54 Å². The van der Waals surface area contributed by atoms with E-state index in [1.807, 2.05) is 13.2 Å². The molecule has 1 atom stereocenters. The summed E-state index contributed by atoms with van der Waals surface area (Å²) in [5.74, 6) is -0.513. The summed E-state index contributed by atoms with van der Waals surface area (Å²) >= 11 is 1.44. The number of likely N-dealkylation sites (tertiary alicyclic amines) is 1. The number of amides is 1. The first-order valence-corrected chi connectivity index (χ1v) is 7.00. The maximum atomic E-state index is 11.9. The van der Waals surface area contributed by atoms with E-state index in [2.05, 4.69) is 0 Å². The molecule has 0 aromatic rings. The van der Waals surface area contributed by atoms with Crippen LogP contribution < -0.4 is 0 Å². The van der Waals surface area contributed by atoms with Crippen molar-refractivity contribution in [3.8, 4) is 0 Å². The highest BCUT2D eigenvalue weighted by Gasteiger charge is 2.48. The molecule has 1 amide bonds. The number of carbonyl (C=O) groups is 2. The van der Waals surface area contributed by atoms with Gasteiger partial charge in [-0.3, -0.25) is 4.79 Å². The molecule has 92 valence electrons. The first-order chi connectivity index (χ1) is 7.58. The number of rotatable bonds is 5. The molecule has 0 spiro atoms. The van der Waals surface area contributed by atoms with Crippen LogP contribution in [0.5, 0.6) is 0 Å². The third kappa shape index (κ3) is 2.34. The van der Waals surface area contributed by atoms with Gasteiger partial charge < -0.3 is 10.0 Å². The smallest absolute Gasteiger partial charge is 0.329 e. The fourth-order valence-corrected chi connectivity index (χ4v) is 2.85. The minimum atomic E-state index is -0.929. The van der Waals surface area contributed by atoms with Crippen molar-refractivity contribution in [3.63, 3.8) is 0 Å². The summed E-state index contributed by atoms with van der Waals surface area (Å²) in [6.07, 6.45) is 4.59. The molecule has 0 bridgehead atoms. The first-order valence-electron chi connectivity index (χ1n) is 5.61. The zero-order valence-electron chi connectivity index (χ0n) is 9.86. The van der Waals surface area contributed by atoms with Crippen LogP contribution in [0, 0.1) is 0 Å². The van der Waals surface area contributed by atoms with Gasteiger partial charge in [0.1, 0.15) is 5.54 Å². The molecule has 0 aromatic heterocycles. The molecule has 1 aliphatic heterocycles. The molecule has 1 aliphatic rings. The Labute approximate surface area is 100 Å². The third-order valence-electron chi connectivity index (χ3n) is 3.12. The molecule has 0 aliphatic carbocycles. The Kier molecular flexibility index (Phi) is 4.65. The maximum absolute atomic E-state index is 11.9. The van der Waals surface area contributed by atoms with Crippen LogP contribution >= 0.6 is 11.8 Å². The minimum absolute atomic E-state index is 0.0409. The van der Waals surface area contributed by atoms with E-state index in [1.165, 1.54) is 11.8 Å². The van der Waals surface area contributed by atoms with Gasteiger partial charge in [-0.25, -0.2) is 4.79 Å². The van der Waals surface area contributed by atoms with E-state index < -0.39 is 11.5 Å². The van der Waals surface area contributed by atoms with Crippen molar-refractivity contribution in [2.75, 3.05) is 18.6 Å². The second-order valence-electron chi connectivity index (χ2n) is 4.17. The lowest BCUT2D eigenvalue weighted by Crippen LogP contribution is -2.53. The van der Waals surface area contributed by atoms with Gasteiger partial charge in [0.05, 0.1) is 5.75 Å². The summed E-state index contributed by atoms with van der Waals surface area (Å²) in [5, 5.41) is 9.38. The average Bonchev–Trinajstić information content (AvgIpc) is 2.64. The molecule has 1 fully saturated rings. The van der Waals surface area contributed by atoms with E-state index in [9.17, 15) is 14.7 Å². The monoisotopic (exact) mass is 245 g/mol. The van der Waals surface area contributed by atoms with Gasteiger partial charge in [0.25, 0.3) is 0 Å². The van der Waals surface area contributed by atoms with Crippen molar-refractivity contribution < 1.29 is 14.7 Å². The predicted octanol–water partition coefficient (Wildman–Crippen LogP) is 1.60. The Morgan fingerprint density at radius 3 is 2.69 bits per heavy atom. The standard InChI is InChI=1S/C11H19NO3S/c1-3-5-11(10(14)15)6-4-7-12(11)9(13)8-16-2/h3-8H2,1-2H3,(H,14,15). The Bertz CT molecular complexity index is 282. The lowest BCUT2D eigenvalue weighted by atomic mass is 9.90. The number of nitrogens with zero attached hydrogens (tertiary/aromatic N) is 1. The Balaban J connectivity index is 2.89. The summed E-state index contributed by atoms with van der Waals surface area (Å²) in [6, 6.07) is 0. The van der Waals surface area contributed by atoms with Crippen LogP contribution in [-0.4, -0.2) is 46.0 Å². The van der Waals surface area contributed by atoms with Crippen molar-refractivity contribution in [3.05, 3.63) is 0 Å². The van der Waals surface area contributed by atoms with Crippen LogP contribution in [0.1, 0.15) is 32.6 Å². The van der Waals surface area contributed by atoms with Crippen LogP contribution in [0.4, 0.5) is 0 Å². The molecule has 1 saturated heterocycles. The highest BCUT2D eigenvalue weighted by atomic mass is 32.2. The quantitative estimate of drug-likeness (QED) is 0.799. The number of aliphatic carboxylic acids is 1. The zero-order valence-corrected chi connectivity index (χ0v) is 10.7. The van der Waals surface area contributed by atoms with Crippen LogP contribution in [0.2, 0.25) is 0 Å². The number of hydrogen-bond acceptors (Lipinski definition) is 3. The molecule has 5 heteroatoms. The lowest BCUT2D eigenvalue weighted by Gasteiger charge is -2.34. The molecule has 1 rings (SSSR count). The van der Waals surface area contributed by atoms with Crippen molar-refractivity contribution in [2.45, 2.75) is 38.1 Å². The van der Waals surface area contributed by atoms with Gasteiger partial charge in [0.15, 0.2) is 0 Å². The topological polar surface area (TPSA) is 57.6 Å². The average molecular weight is 245 g/mol. The zero-order chi connectivity index (χ0) is 12.2. The van der Waals surface area contributed by atoms with Crippen LogP contribution in [0.15, 0.2) is 0 Å². The van der Waals surface area contributed by atoms with Crippen LogP contribution in [-0.2, 0) is 9.59 Å². The normalized spacial score (nSPS) is 24.8. The number of carboxylic acid groups (broad SMARTS) is 1. The first kappa shape index (κ1) is 13.4. The van der Waals surface area contributed by atoms with Gasteiger partial charge >= 0.3 is 5.97 Å². The fraction of sp³-hybridized carbons (Fsp3) is 0.818. The second-order valence-corrected chi connectivity index (χ2v) is 5.03. The summed E-state index contributed by atoms with van der Waals surface area (Å²) in [5.41, 5.74) is -0.929. The third-order valence-corrected chi connectivity index (χ3v) is 3.65. The Morgan fingerprint density at radius 1 is 1.50 bits per heavy atom. The van der Waals surface area contributed by atoms with Crippen LogP contribution in [0.3, 0.4) is 0 Å². The Morgan fingerprint density at radius 2 is 2.19 bits per heavy atom. The molecule has 0 radical (unpaired) electrons. The number of carboxylic acids is 1. The molecule has 0 aromatic carbocycles. The molecule has 1 unspecified atom stereocenters. The van der Waals surface area contributed by atoms with E-state index >= 15 is 0 Å². The summed E-state index contributed by atoms with van der Waals surface area (Å²) in [6.45, 7) is 2.55. The summed E-state index contributed by atoms with van der Waals surface area (Å²) < 4.78 is 0. The molecule has 4 nitrogen and oxygen atoms in total. The van der Waals surface area contributed by atoms with E-state index in [1.54, 1.807) is 4.90 Å². The van der Waals surface area contributed by atoms with E-state index in [0.717, 1.165) is 12.8 Å². The number of hydrogen-bond donors (Lipinski definition) is 1. The SMILES string of the molecule is CCCC1(C(=O)O)CCCN1C(=O)CSC. The molecular formula is C11H19NO3S. The summed E-state index contributed by atoms with van der Waals surface area (Å²) in [4.78, 5) is 24.9. The molecular weight excluding hydrogens is 226 g/mol. The highest BCUT2D eigenvalue weighted by Crippen LogP contribution is 2.34.